The van der Waals surface area contributed by atoms with Gasteiger partial charge in [-0.15, -0.1) is 0 Å². The molecule has 0 bridgehead atoms. The molecule has 0 aromatic rings. The number of hydrogen-bond donors (Lipinski definition) is 4. The second-order valence-electron chi connectivity index (χ2n) is 7.31. The zero-order valence-corrected chi connectivity index (χ0v) is 12.3. The third kappa shape index (κ3) is 2.33. The Hall–Kier alpha value is -0.160. The fraction of sp³-hybridized carbons (Fsp3) is 1.00. The summed E-state index contributed by atoms with van der Waals surface area (Å²) >= 11 is 0. The quantitative estimate of drug-likeness (QED) is 0.606. The van der Waals surface area contributed by atoms with Crippen molar-refractivity contribution < 1.29 is 20.4 Å². The van der Waals surface area contributed by atoms with Crippen LogP contribution >= 0.6 is 0 Å². The van der Waals surface area contributed by atoms with E-state index in [2.05, 4.69) is 6.92 Å². The zero-order chi connectivity index (χ0) is 14.5. The maximum absolute atomic E-state index is 11.0. The molecule has 0 aliphatic heterocycles. The molecule has 4 nitrogen and oxygen atoms in total. The second-order valence-corrected chi connectivity index (χ2v) is 7.31. The first-order valence-electron chi connectivity index (χ1n) is 7.42. The summed E-state index contributed by atoms with van der Waals surface area (Å²) in [5.74, 6) is 0.253. The van der Waals surface area contributed by atoms with Crippen LogP contribution in [0.25, 0.3) is 0 Å². The molecule has 0 heterocycles. The second kappa shape index (κ2) is 4.69. The molecule has 19 heavy (non-hydrogen) atoms. The lowest BCUT2D eigenvalue weighted by Crippen LogP contribution is -2.54. The minimum absolute atomic E-state index is 0.00646. The maximum Gasteiger partial charge on any atom is 0.0961 e. The third-order valence-corrected chi connectivity index (χ3v) is 5.93. The van der Waals surface area contributed by atoms with Gasteiger partial charge >= 0.3 is 0 Å². The van der Waals surface area contributed by atoms with Gasteiger partial charge in [0.05, 0.1) is 23.4 Å². The van der Waals surface area contributed by atoms with Crippen LogP contribution in [0.4, 0.5) is 0 Å². The summed E-state index contributed by atoms with van der Waals surface area (Å²) in [5, 5.41) is 41.3. The summed E-state index contributed by atoms with van der Waals surface area (Å²) in [6, 6.07) is 0. The van der Waals surface area contributed by atoms with Gasteiger partial charge in [0.25, 0.3) is 0 Å². The topological polar surface area (TPSA) is 80.9 Å². The van der Waals surface area contributed by atoms with Gasteiger partial charge in [-0.05, 0) is 63.7 Å². The van der Waals surface area contributed by atoms with Crippen LogP contribution in [0, 0.1) is 17.8 Å². The van der Waals surface area contributed by atoms with Crippen LogP contribution in [0.5, 0.6) is 0 Å². The molecule has 2 fully saturated rings. The monoisotopic (exact) mass is 272 g/mol. The van der Waals surface area contributed by atoms with Gasteiger partial charge < -0.3 is 20.4 Å². The van der Waals surface area contributed by atoms with Crippen LogP contribution in [0.2, 0.25) is 0 Å². The average molecular weight is 272 g/mol. The van der Waals surface area contributed by atoms with E-state index in [1.165, 1.54) is 0 Å². The molecule has 6 atom stereocenters. The lowest BCUT2D eigenvalue weighted by atomic mass is 9.72. The van der Waals surface area contributed by atoms with E-state index in [9.17, 15) is 20.4 Å². The highest BCUT2D eigenvalue weighted by Gasteiger charge is 2.58. The van der Waals surface area contributed by atoms with E-state index < -0.39 is 16.8 Å². The van der Waals surface area contributed by atoms with Crippen LogP contribution in [-0.2, 0) is 0 Å². The molecule has 0 unspecified atom stereocenters. The molecule has 0 radical (unpaired) electrons. The Labute approximate surface area is 115 Å². The first-order chi connectivity index (χ1) is 8.64. The Morgan fingerprint density at radius 1 is 1.21 bits per heavy atom. The maximum atomic E-state index is 11.0. The van der Waals surface area contributed by atoms with Gasteiger partial charge in [-0.2, -0.15) is 0 Å². The SMILES string of the molecule is C[C@H]1CC[C@]2(O)[C@H]1C[C@H]([C@](C)(O)CO)CC[C@@]2(C)O. The van der Waals surface area contributed by atoms with Crippen LogP contribution in [0.1, 0.15) is 52.9 Å². The van der Waals surface area contributed by atoms with E-state index in [-0.39, 0.29) is 18.4 Å². The molecule has 2 rings (SSSR count). The first-order valence-corrected chi connectivity index (χ1v) is 7.42. The number of fused-ring (bicyclic) bond motifs is 1. The molecule has 4 heteroatoms. The van der Waals surface area contributed by atoms with Crippen molar-refractivity contribution in [2.75, 3.05) is 6.61 Å². The average Bonchev–Trinajstić information content (AvgIpc) is 2.56. The normalized spacial score (nSPS) is 50.4. The lowest BCUT2D eigenvalue weighted by Gasteiger charge is -2.42. The van der Waals surface area contributed by atoms with Crippen molar-refractivity contribution in [2.45, 2.75) is 69.7 Å². The van der Waals surface area contributed by atoms with Crippen molar-refractivity contribution in [3.8, 4) is 0 Å². The van der Waals surface area contributed by atoms with Crippen molar-refractivity contribution in [1.29, 1.82) is 0 Å². The van der Waals surface area contributed by atoms with E-state index in [0.29, 0.717) is 31.6 Å². The Kier molecular flexibility index (Phi) is 3.76. The van der Waals surface area contributed by atoms with Crippen LogP contribution in [-0.4, -0.2) is 43.8 Å². The zero-order valence-electron chi connectivity index (χ0n) is 12.3. The molecule has 4 N–H and O–H groups in total. The van der Waals surface area contributed by atoms with Gasteiger partial charge in [0.1, 0.15) is 0 Å². The number of rotatable bonds is 2. The summed E-state index contributed by atoms with van der Waals surface area (Å²) in [6.45, 7) is 5.19. The van der Waals surface area contributed by atoms with Crippen LogP contribution in [0.3, 0.4) is 0 Å². The van der Waals surface area contributed by atoms with Gasteiger partial charge in [0.15, 0.2) is 0 Å². The number of aliphatic hydroxyl groups is 4. The van der Waals surface area contributed by atoms with E-state index in [1.807, 2.05) is 0 Å². The molecule has 0 aromatic carbocycles. The van der Waals surface area contributed by atoms with Crippen LogP contribution < -0.4 is 0 Å². The molecular formula is C15H28O4. The molecule has 0 spiro atoms. The Bertz CT molecular complexity index is 339. The van der Waals surface area contributed by atoms with Gasteiger partial charge in [-0.3, -0.25) is 0 Å². The molecule has 2 saturated carbocycles. The van der Waals surface area contributed by atoms with Gasteiger partial charge in [0, 0.05) is 0 Å². The molecule has 2 aliphatic carbocycles. The van der Waals surface area contributed by atoms with E-state index in [0.717, 1.165) is 6.42 Å². The highest BCUT2D eigenvalue weighted by atomic mass is 16.4. The van der Waals surface area contributed by atoms with E-state index in [4.69, 9.17) is 0 Å². The summed E-state index contributed by atoms with van der Waals surface area (Å²) in [6.07, 6.45) is 3.30. The molecule has 0 saturated heterocycles. The van der Waals surface area contributed by atoms with Gasteiger partial charge in [-0.25, -0.2) is 0 Å². The molecular weight excluding hydrogens is 244 g/mol. The fourth-order valence-electron chi connectivity index (χ4n) is 4.19. The lowest BCUT2D eigenvalue weighted by molar-refractivity contribution is -0.163. The van der Waals surface area contributed by atoms with Crippen molar-refractivity contribution in [3.05, 3.63) is 0 Å². The molecule has 0 amide bonds. The Balaban J connectivity index is 2.31. The van der Waals surface area contributed by atoms with Crippen molar-refractivity contribution in [2.24, 2.45) is 17.8 Å². The summed E-state index contributed by atoms with van der Waals surface area (Å²) in [5.41, 5.74) is -3.29. The number of aliphatic hydroxyl groups excluding tert-OH is 1. The minimum atomic E-state index is -1.14. The largest absolute Gasteiger partial charge is 0.393 e. The predicted molar refractivity (Wildman–Crippen MR) is 72.5 cm³/mol. The molecule has 0 aromatic heterocycles. The molecule has 2 aliphatic rings. The van der Waals surface area contributed by atoms with Crippen LogP contribution in [0.15, 0.2) is 0 Å². The molecule has 112 valence electrons. The van der Waals surface area contributed by atoms with Crippen molar-refractivity contribution in [3.63, 3.8) is 0 Å². The predicted octanol–water partition coefficient (Wildman–Crippen LogP) is 1.06. The van der Waals surface area contributed by atoms with Crippen molar-refractivity contribution >= 4 is 0 Å². The van der Waals surface area contributed by atoms with Crippen molar-refractivity contribution in [1.82, 2.24) is 0 Å². The Morgan fingerprint density at radius 3 is 2.42 bits per heavy atom. The third-order valence-electron chi connectivity index (χ3n) is 5.93. The summed E-state index contributed by atoms with van der Waals surface area (Å²) < 4.78 is 0. The highest BCUT2D eigenvalue weighted by molar-refractivity contribution is 5.10. The van der Waals surface area contributed by atoms with E-state index >= 15 is 0 Å². The Morgan fingerprint density at radius 2 is 1.84 bits per heavy atom. The smallest absolute Gasteiger partial charge is 0.0961 e. The van der Waals surface area contributed by atoms with Gasteiger partial charge in [-0.1, -0.05) is 6.92 Å². The summed E-state index contributed by atoms with van der Waals surface area (Å²) in [4.78, 5) is 0. The first kappa shape index (κ1) is 15.2. The minimum Gasteiger partial charge on any atom is -0.393 e. The fourth-order valence-corrected chi connectivity index (χ4v) is 4.19. The standard InChI is InChI=1S/C15H28O4/c1-10-4-7-15(19)12(10)8-11(13(2,17)9-16)5-6-14(15,3)18/h10-12,16-19H,4-9H2,1-3H3/t10-,11+,12-,13+,14+,15-/m0/s1. The highest BCUT2D eigenvalue weighted by Crippen LogP contribution is 2.54. The number of hydrogen-bond acceptors (Lipinski definition) is 4. The van der Waals surface area contributed by atoms with Gasteiger partial charge in [0.2, 0.25) is 0 Å². The van der Waals surface area contributed by atoms with E-state index in [1.54, 1.807) is 13.8 Å². The summed E-state index contributed by atoms with van der Waals surface area (Å²) in [7, 11) is 0.